The van der Waals surface area contributed by atoms with Crippen molar-refractivity contribution >= 4 is 17.3 Å². The van der Waals surface area contributed by atoms with Crippen molar-refractivity contribution in [3.05, 3.63) is 53.4 Å². The van der Waals surface area contributed by atoms with E-state index >= 15 is 0 Å². The monoisotopic (exact) mass is 345 g/mol. The predicted octanol–water partition coefficient (Wildman–Crippen LogP) is 4.02. The standard InChI is InChI=1S/C17H16ClN3O3/c1-22-14-6-4-3-5-12(14)17-20-16(24-21-17)10-19-13-9-11(18)7-8-15(13)23-2/h3-9,19H,10H2,1-2H3. The van der Waals surface area contributed by atoms with Crippen molar-refractivity contribution in [2.24, 2.45) is 0 Å². The van der Waals surface area contributed by atoms with Gasteiger partial charge in [-0.1, -0.05) is 28.9 Å². The lowest BCUT2D eigenvalue weighted by atomic mass is 10.2. The molecule has 7 heteroatoms. The van der Waals surface area contributed by atoms with Crippen LogP contribution in [0.15, 0.2) is 47.0 Å². The number of hydrogen-bond acceptors (Lipinski definition) is 6. The minimum atomic E-state index is 0.346. The van der Waals surface area contributed by atoms with Crippen molar-refractivity contribution in [2.75, 3.05) is 19.5 Å². The summed E-state index contributed by atoms with van der Waals surface area (Å²) in [7, 11) is 3.20. The lowest BCUT2D eigenvalue weighted by molar-refractivity contribution is 0.382. The molecule has 3 rings (SSSR count). The second kappa shape index (κ2) is 7.23. The number of methoxy groups -OCH3 is 2. The van der Waals surface area contributed by atoms with Gasteiger partial charge >= 0.3 is 0 Å². The largest absolute Gasteiger partial charge is 0.496 e. The molecule has 2 aromatic carbocycles. The van der Waals surface area contributed by atoms with E-state index in [1.807, 2.05) is 24.3 Å². The minimum absolute atomic E-state index is 0.346. The lowest BCUT2D eigenvalue weighted by Gasteiger charge is -2.09. The molecule has 0 aliphatic carbocycles. The van der Waals surface area contributed by atoms with Crippen LogP contribution in [-0.4, -0.2) is 24.4 Å². The summed E-state index contributed by atoms with van der Waals surface area (Å²) in [6.45, 7) is 0.346. The summed E-state index contributed by atoms with van der Waals surface area (Å²) in [5.74, 6) is 2.29. The number of nitrogens with zero attached hydrogens (tertiary/aromatic N) is 2. The van der Waals surface area contributed by atoms with Gasteiger partial charge in [-0.3, -0.25) is 0 Å². The molecule has 24 heavy (non-hydrogen) atoms. The quantitative estimate of drug-likeness (QED) is 0.727. The molecule has 0 radical (unpaired) electrons. The molecule has 0 unspecified atom stereocenters. The van der Waals surface area contributed by atoms with E-state index in [1.54, 1.807) is 32.4 Å². The van der Waals surface area contributed by atoms with Crippen LogP contribution in [-0.2, 0) is 6.54 Å². The fourth-order valence-electron chi connectivity index (χ4n) is 2.25. The molecule has 0 fully saturated rings. The Morgan fingerprint density at radius 3 is 2.67 bits per heavy atom. The molecule has 0 aliphatic heterocycles. The smallest absolute Gasteiger partial charge is 0.246 e. The van der Waals surface area contributed by atoms with Crippen molar-refractivity contribution in [3.8, 4) is 22.9 Å². The third-order valence-electron chi connectivity index (χ3n) is 3.41. The van der Waals surface area contributed by atoms with E-state index in [9.17, 15) is 0 Å². The van der Waals surface area contributed by atoms with Gasteiger partial charge in [-0.25, -0.2) is 0 Å². The Balaban J connectivity index is 1.76. The maximum absolute atomic E-state index is 6.01. The third kappa shape index (κ3) is 3.44. The summed E-state index contributed by atoms with van der Waals surface area (Å²) in [5, 5.41) is 7.79. The normalized spacial score (nSPS) is 10.5. The Bertz CT molecular complexity index is 835. The molecule has 0 saturated carbocycles. The summed E-state index contributed by atoms with van der Waals surface area (Å²) in [6, 6.07) is 12.8. The number of ether oxygens (including phenoxy) is 2. The molecular formula is C17H16ClN3O3. The van der Waals surface area contributed by atoms with Gasteiger partial charge in [0.2, 0.25) is 11.7 Å². The van der Waals surface area contributed by atoms with Crippen LogP contribution in [0.4, 0.5) is 5.69 Å². The molecule has 0 amide bonds. The molecule has 0 saturated heterocycles. The van der Waals surface area contributed by atoms with Crippen molar-refractivity contribution in [3.63, 3.8) is 0 Å². The third-order valence-corrected chi connectivity index (χ3v) is 3.64. The summed E-state index contributed by atoms with van der Waals surface area (Å²) < 4.78 is 15.9. The highest BCUT2D eigenvalue weighted by atomic mass is 35.5. The fourth-order valence-corrected chi connectivity index (χ4v) is 2.43. The zero-order valence-electron chi connectivity index (χ0n) is 13.2. The van der Waals surface area contributed by atoms with E-state index in [1.165, 1.54) is 0 Å². The van der Waals surface area contributed by atoms with E-state index in [0.29, 0.717) is 34.8 Å². The predicted molar refractivity (Wildman–Crippen MR) is 91.6 cm³/mol. The van der Waals surface area contributed by atoms with Gasteiger partial charge in [-0.05, 0) is 30.3 Å². The molecule has 1 N–H and O–H groups in total. The van der Waals surface area contributed by atoms with Gasteiger partial charge in [0.25, 0.3) is 0 Å². The average Bonchev–Trinajstić information content (AvgIpc) is 3.09. The molecule has 0 aliphatic rings. The number of anilines is 1. The van der Waals surface area contributed by atoms with Crippen molar-refractivity contribution in [2.45, 2.75) is 6.54 Å². The maximum atomic E-state index is 6.01. The molecule has 3 aromatic rings. The Kier molecular flexibility index (Phi) is 4.86. The molecular weight excluding hydrogens is 330 g/mol. The van der Waals surface area contributed by atoms with Gasteiger partial charge in [0, 0.05) is 5.02 Å². The van der Waals surface area contributed by atoms with Crippen LogP contribution in [0.2, 0.25) is 5.02 Å². The molecule has 0 atom stereocenters. The Morgan fingerprint density at radius 2 is 1.88 bits per heavy atom. The van der Waals surface area contributed by atoms with Crippen LogP contribution in [0.1, 0.15) is 5.89 Å². The second-order valence-electron chi connectivity index (χ2n) is 4.91. The number of hydrogen-bond donors (Lipinski definition) is 1. The Morgan fingerprint density at radius 1 is 1.08 bits per heavy atom. The zero-order chi connectivity index (χ0) is 16.9. The first kappa shape index (κ1) is 16.1. The Hall–Kier alpha value is -2.73. The number of rotatable bonds is 6. The minimum Gasteiger partial charge on any atom is -0.496 e. The summed E-state index contributed by atoms with van der Waals surface area (Å²) in [5.41, 5.74) is 1.53. The average molecular weight is 346 g/mol. The van der Waals surface area contributed by atoms with Crippen molar-refractivity contribution in [1.29, 1.82) is 0 Å². The van der Waals surface area contributed by atoms with Crippen LogP contribution in [0.25, 0.3) is 11.4 Å². The first-order valence-corrected chi connectivity index (χ1v) is 7.62. The molecule has 6 nitrogen and oxygen atoms in total. The number of halogens is 1. The fraction of sp³-hybridized carbons (Fsp3) is 0.176. The molecule has 0 bridgehead atoms. The highest BCUT2D eigenvalue weighted by Crippen LogP contribution is 2.29. The molecule has 124 valence electrons. The van der Waals surface area contributed by atoms with Crippen LogP contribution in [0.5, 0.6) is 11.5 Å². The van der Waals surface area contributed by atoms with Gasteiger partial charge in [0.05, 0.1) is 32.0 Å². The Labute approximate surface area is 144 Å². The zero-order valence-corrected chi connectivity index (χ0v) is 14.0. The van der Waals surface area contributed by atoms with E-state index < -0.39 is 0 Å². The van der Waals surface area contributed by atoms with Crippen LogP contribution in [0, 0.1) is 0 Å². The van der Waals surface area contributed by atoms with E-state index in [-0.39, 0.29) is 0 Å². The van der Waals surface area contributed by atoms with Gasteiger partial charge < -0.3 is 19.3 Å². The lowest BCUT2D eigenvalue weighted by Crippen LogP contribution is -2.01. The van der Waals surface area contributed by atoms with E-state index in [4.69, 9.17) is 25.6 Å². The summed E-state index contributed by atoms with van der Waals surface area (Å²) in [4.78, 5) is 4.39. The van der Waals surface area contributed by atoms with Gasteiger partial charge in [0.1, 0.15) is 11.5 Å². The summed E-state index contributed by atoms with van der Waals surface area (Å²) in [6.07, 6.45) is 0. The van der Waals surface area contributed by atoms with E-state index in [0.717, 1.165) is 11.3 Å². The number of benzene rings is 2. The van der Waals surface area contributed by atoms with Crippen LogP contribution >= 0.6 is 11.6 Å². The van der Waals surface area contributed by atoms with Crippen LogP contribution < -0.4 is 14.8 Å². The highest BCUT2D eigenvalue weighted by Gasteiger charge is 2.13. The van der Waals surface area contributed by atoms with Gasteiger partial charge in [0.15, 0.2) is 0 Å². The van der Waals surface area contributed by atoms with E-state index in [2.05, 4.69) is 15.5 Å². The maximum Gasteiger partial charge on any atom is 0.246 e. The first-order valence-electron chi connectivity index (χ1n) is 7.24. The van der Waals surface area contributed by atoms with Crippen molar-refractivity contribution in [1.82, 2.24) is 10.1 Å². The topological polar surface area (TPSA) is 69.4 Å². The molecule has 1 aromatic heterocycles. The second-order valence-corrected chi connectivity index (χ2v) is 5.35. The van der Waals surface area contributed by atoms with Gasteiger partial charge in [-0.15, -0.1) is 0 Å². The van der Waals surface area contributed by atoms with Gasteiger partial charge in [-0.2, -0.15) is 4.98 Å². The SMILES string of the molecule is COc1ccc(Cl)cc1NCc1nc(-c2ccccc2OC)no1. The molecule has 1 heterocycles. The summed E-state index contributed by atoms with van der Waals surface area (Å²) >= 11 is 6.01. The highest BCUT2D eigenvalue weighted by molar-refractivity contribution is 6.30. The van der Waals surface area contributed by atoms with Crippen molar-refractivity contribution < 1.29 is 14.0 Å². The number of nitrogens with one attached hydrogen (secondary N) is 1. The molecule has 0 spiro atoms. The number of para-hydroxylation sites is 1. The van der Waals surface area contributed by atoms with Crippen LogP contribution in [0.3, 0.4) is 0 Å². The number of aromatic nitrogens is 2. The first-order chi connectivity index (χ1) is 11.7.